The number of ketones is 1. The second-order valence-corrected chi connectivity index (χ2v) is 10.6. The summed E-state index contributed by atoms with van der Waals surface area (Å²) >= 11 is 1.08. The molecule has 1 unspecified atom stereocenters. The molecule has 1 amide bonds. The number of aromatic nitrogens is 1. The van der Waals surface area contributed by atoms with Gasteiger partial charge in [0.15, 0.2) is 28.1 Å². The summed E-state index contributed by atoms with van der Waals surface area (Å²) in [5.74, 6) is -0.715. The maximum Gasteiger partial charge on any atom is 0.296 e. The van der Waals surface area contributed by atoms with E-state index in [0.29, 0.717) is 45.6 Å². The lowest BCUT2D eigenvalue weighted by Gasteiger charge is -2.25. The van der Waals surface area contributed by atoms with E-state index in [4.69, 9.17) is 13.9 Å². The first-order chi connectivity index (χ1) is 18.7. The molecule has 2 aromatic carbocycles. The number of carbonyl (C=O) groups excluding carboxylic acids is 2. The van der Waals surface area contributed by atoms with Gasteiger partial charge in [-0.1, -0.05) is 31.3 Å². The van der Waals surface area contributed by atoms with Crippen molar-refractivity contribution in [3.63, 3.8) is 0 Å². The lowest BCUT2D eigenvalue weighted by atomic mass is 9.95. The predicted octanol–water partition coefficient (Wildman–Crippen LogP) is 6.55. The molecule has 39 heavy (non-hydrogen) atoms. The number of aliphatic hydroxyl groups excluding tert-OH is 1. The normalized spacial score (nSPS) is 15.6. The number of thiazole rings is 1. The number of nitrogens with zero attached hydrogens (tertiary/aromatic N) is 2. The van der Waals surface area contributed by atoms with Crippen molar-refractivity contribution < 1.29 is 33.0 Å². The van der Waals surface area contributed by atoms with E-state index >= 15 is 0 Å². The molecule has 0 saturated carbocycles. The zero-order valence-corrected chi connectivity index (χ0v) is 22.7. The number of methoxy groups -OCH3 is 1. The van der Waals surface area contributed by atoms with Crippen LogP contribution in [0.25, 0.3) is 10.2 Å². The zero-order valence-electron chi connectivity index (χ0n) is 21.9. The summed E-state index contributed by atoms with van der Waals surface area (Å²) in [6, 6.07) is 11.3. The first-order valence-corrected chi connectivity index (χ1v) is 13.2. The molecule has 2 aromatic heterocycles. The Morgan fingerprint density at radius 1 is 1.18 bits per heavy atom. The highest BCUT2D eigenvalue weighted by molar-refractivity contribution is 7.22. The molecule has 1 atom stereocenters. The number of aliphatic hydroxyl groups is 1. The number of hydrogen-bond acceptors (Lipinski definition) is 8. The maximum absolute atomic E-state index is 13.9. The van der Waals surface area contributed by atoms with Crippen LogP contribution in [-0.4, -0.2) is 35.5 Å². The molecular weight excluding hydrogens is 523 g/mol. The molecule has 0 fully saturated rings. The number of anilines is 1. The maximum atomic E-state index is 13.9. The van der Waals surface area contributed by atoms with Crippen LogP contribution in [0.15, 0.2) is 64.3 Å². The topological polar surface area (TPSA) is 102 Å². The quantitative estimate of drug-likeness (QED) is 0.236. The minimum absolute atomic E-state index is 0.0133. The lowest BCUT2D eigenvalue weighted by molar-refractivity contribution is -0.117. The van der Waals surface area contributed by atoms with Crippen LogP contribution in [0.4, 0.5) is 9.52 Å². The van der Waals surface area contributed by atoms with E-state index in [1.807, 2.05) is 0 Å². The number of benzene rings is 2. The smallest absolute Gasteiger partial charge is 0.296 e. The zero-order chi connectivity index (χ0) is 27.8. The number of amides is 1. The van der Waals surface area contributed by atoms with Gasteiger partial charge in [0.2, 0.25) is 5.78 Å². The highest BCUT2D eigenvalue weighted by Gasteiger charge is 2.46. The molecule has 0 bridgehead atoms. The fourth-order valence-corrected chi connectivity index (χ4v) is 5.42. The Kier molecular flexibility index (Phi) is 7.14. The largest absolute Gasteiger partial charge is 0.503 e. The van der Waals surface area contributed by atoms with Crippen molar-refractivity contribution >= 4 is 38.4 Å². The average molecular weight is 551 g/mol. The Morgan fingerprint density at radius 3 is 2.67 bits per heavy atom. The van der Waals surface area contributed by atoms with Gasteiger partial charge >= 0.3 is 0 Å². The van der Waals surface area contributed by atoms with Crippen LogP contribution in [0, 0.1) is 18.7 Å². The van der Waals surface area contributed by atoms with Gasteiger partial charge in [-0.3, -0.25) is 14.5 Å². The number of halogens is 1. The molecule has 3 heterocycles. The first-order valence-electron chi connectivity index (χ1n) is 12.4. The molecule has 5 rings (SSSR count). The molecule has 10 heteroatoms. The Bertz CT molecular complexity index is 1600. The van der Waals surface area contributed by atoms with E-state index < -0.39 is 29.3 Å². The van der Waals surface area contributed by atoms with Crippen LogP contribution in [-0.2, 0) is 4.79 Å². The number of hydrogen-bond donors (Lipinski definition) is 1. The van der Waals surface area contributed by atoms with Crippen molar-refractivity contribution in [3.05, 3.63) is 82.8 Å². The third-order valence-corrected chi connectivity index (χ3v) is 7.44. The van der Waals surface area contributed by atoms with Crippen molar-refractivity contribution in [2.45, 2.75) is 33.2 Å². The summed E-state index contributed by atoms with van der Waals surface area (Å²) in [5, 5.41) is 11.2. The number of fused-ring (bicyclic) bond motifs is 1. The highest BCUT2D eigenvalue weighted by atomic mass is 32.1. The van der Waals surface area contributed by atoms with E-state index in [1.165, 1.54) is 36.3 Å². The molecule has 202 valence electrons. The second-order valence-electron chi connectivity index (χ2n) is 9.63. The second kappa shape index (κ2) is 10.5. The summed E-state index contributed by atoms with van der Waals surface area (Å²) < 4.78 is 31.4. The Labute approximate surface area is 228 Å². The van der Waals surface area contributed by atoms with Crippen molar-refractivity contribution in [2.24, 2.45) is 5.92 Å². The third kappa shape index (κ3) is 4.99. The average Bonchev–Trinajstić information content (AvgIpc) is 3.59. The van der Waals surface area contributed by atoms with Crippen molar-refractivity contribution in [1.29, 1.82) is 0 Å². The van der Waals surface area contributed by atoms with Gasteiger partial charge in [-0.15, -0.1) is 0 Å². The Hall–Kier alpha value is -4.18. The minimum Gasteiger partial charge on any atom is -0.503 e. The van der Waals surface area contributed by atoms with Gasteiger partial charge < -0.3 is 19.0 Å². The van der Waals surface area contributed by atoms with Crippen LogP contribution >= 0.6 is 11.3 Å². The number of carbonyl (C=O) groups is 2. The number of aryl methyl sites for hydroxylation is 1. The Morgan fingerprint density at radius 2 is 1.97 bits per heavy atom. The Balaban J connectivity index is 1.62. The predicted molar refractivity (Wildman–Crippen MR) is 145 cm³/mol. The van der Waals surface area contributed by atoms with Gasteiger partial charge in [0.05, 0.1) is 35.5 Å². The van der Waals surface area contributed by atoms with Gasteiger partial charge in [-0.2, -0.15) is 0 Å². The van der Waals surface area contributed by atoms with E-state index in [9.17, 15) is 19.1 Å². The van der Waals surface area contributed by atoms with E-state index in [-0.39, 0.29) is 16.5 Å². The molecule has 1 aliphatic rings. The molecule has 0 saturated heterocycles. The highest BCUT2D eigenvalue weighted by Crippen LogP contribution is 2.46. The summed E-state index contributed by atoms with van der Waals surface area (Å²) in [7, 11) is 1.50. The van der Waals surface area contributed by atoms with E-state index in [2.05, 4.69) is 18.8 Å². The van der Waals surface area contributed by atoms with Crippen LogP contribution in [0.1, 0.15) is 48.2 Å². The molecular formula is C29H27FN2O6S. The fraction of sp³-hybridized carbons (Fsp3) is 0.276. The molecule has 1 aliphatic heterocycles. The first kappa shape index (κ1) is 26.4. The van der Waals surface area contributed by atoms with Gasteiger partial charge in [-0.05, 0) is 67.3 Å². The van der Waals surface area contributed by atoms with Crippen LogP contribution < -0.4 is 14.4 Å². The number of ether oxygens (including phenoxy) is 2. The SMILES string of the molecule is COc1cc(C2C(C(=O)c3ccc(C)o3)=C(O)C(=O)N2c2nc3ccc(F)cc3s2)ccc1OCCC(C)C. The molecule has 0 aliphatic carbocycles. The van der Waals surface area contributed by atoms with Gasteiger partial charge in [-0.25, -0.2) is 9.37 Å². The summed E-state index contributed by atoms with van der Waals surface area (Å²) in [4.78, 5) is 32.8. The van der Waals surface area contributed by atoms with Gasteiger partial charge in [0.25, 0.3) is 5.91 Å². The number of Topliss-reactive ketones (excluding diaryl/α,β-unsaturated/α-hetero) is 1. The monoisotopic (exact) mass is 550 g/mol. The summed E-state index contributed by atoms with van der Waals surface area (Å²) in [5.41, 5.74) is 0.809. The van der Waals surface area contributed by atoms with Crippen LogP contribution in [0.3, 0.4) is 0 Å². The van der Waals surface area contributed by atoms with Crippen molar-refractivity contribution in [2.75, 3.05) is 18.6 Å². The van der Waals surface area contributed by atoms with Crippen molar-refractivity contribution in [3.8, 4) is 11.5 Å². The van der Waals surface area contributed by atoms with E-state index in [0.717, 1.165) is 17.8 Å². The molecule has 0 spiro atoms. The third-order valence-electron chi connectivity index (χ3n) is 6.42. The van der Waals surface area contributed by atoms with Crippen LogP contribution in [0.2, 0.25) is 0 Å². The van der Waals surface area contributed by atoms with E-state index in [1.54, 1.807) is 31.2 Å². The number of rotatable bonds is 9. The van der Waals surface area contributed by atoms with Crippen LogP contribution in [0.5, 0.6) is 11.5 Å². The molecule has 8 nitrogen and oxygen atoms in total. The lowest BCUT2D eigenvalue weighted by Crippen LogP contribution is -2.31. The molecule has 1 N–H and O–H groups in total. The van der Waals surface area contributed by atoms with Crippen molar-refractivity contribution in [1.82, 2.24) is 4.98 Å². The molecule has 4 aromatic rings. The van der Waals surface area contributed by atoms with Gasteiger partial charge in [0, 0.05) is 0 Å². The summed E-state index contributed by atoms with van der Waals surface area (Å²) in [6.07, 6.45) is 0.853. The standard InChI is InChI=1S/C29H27FN2O6S/c1-15(2)11-12-37-20-10-6-17(13-22(20)36-4)25-24(26(33)21-9-5-16(3)38-21)27(34)28(35)32(25)29-31-19-8-7-18(30)14-23(19)39-29/h5-10,13-15,25,34H,11-12H2,1-4H3. The van der Waals surface area contributed by atoms with Gasteiger partial charge in [0.1, 0.15) is 11.6 Å². The summed E-state index contributed by atoms with van der Waals surface area (Å²) in [6.45, 7) is 6.39. The number of furan rings is 1. The minimum atomic E-state index is -1.06. The molecule has 0 radical (unpaired) electrons. The fourth-order valence-electron chi connectivity index (χ4n) is 4.41.